The van der Waals surface area contributed by atoms with Crippen LogP contribution in [0.4, 0.5) is 17.6 Å². The van der Waals surface area contributed by atoms with Gasteiger partial charge in [0.25, 0.3) is 5.56 Å². The van der Waals surface area contributed by atoms with Crippen LogP contribution in [0.25, 0.3) is 0 Å². The molecule has 0 amide bonds. The average molecular weight is 357 g/mol. The lowest BCUT2D eigenvalue weighted by molar-refractivity contribution is 0.439. The number of hydrogen-bond donors (Lipinski definition) is 4. The molecule has 128 valence electrons. The third kappa shape index (κ3) is 4.23. The summed E-state index contributed by atoms with van der Waals surface area (Å²) in [7, 11) is 0. The van der Waals surface area contributed by atoms with Gasteiger partial charge in [-0.25, -0.2) is 0 Å². The first-order valence-electron chi connectivity index (χ1n) is 7.26. The predicted octanol–water partition coefficient (Wildman–Crippen LogP) is 1.59. The maximum Gasteiger partial charge on any atom is 0.258 e. The Hall–Kier alpha value is -3.14. The minimum Gasteiger partial charge on any atom is -0.493 e. The number of benzene rings is 1. The summed E-state index contributed by atoms with van der Waals surface area (Å²) in [6, 6.07) is 9.42. The van der Waals surface area contributed by atoms with E-state index in [1.54, 1.807) is 0 Å². The Kier molecular flexibility index (Phi) is 4.80. The second-order valence-corrected chi connectivity index (χ2v) is 6.00. The molecule has 0 bridgehead atoms. The summed E-state index contributed by atoms with van der Waals surface area (Å²) in [5, 5.41) is 12.9. The molecule has 0 radical (unpaired) electrons. The third-order valence-corrected chi connectivity index (χ3v) is 4.04. The van der Waals surface area contributed by atoms with Crippen LogP contribution in [0.3, 0.4) is 0 Å². The zero-order chi connectivity index (χ0) is 17.8. The summed E-state index contributed by atoms with van der Waals surface area (Å²) in [6.45, 7) is 1.49. The van der Waals surface area contributed by atoms with E-state index in [1.807, 2.05) is 30.3 Å². The molecule has 2 aromatic heterocycles. The SMILES string of the molecule is Cc1c(O)nc(SCc2nc(N)nc(Nc3ccccc3)n2)[nH]c1=O. The zero-order valence-corrected chi connectivity index (χ0v) is 14.0. The quantitative estimate of drug-likeness (QED) is 0.395. The highest BCUT2D eigenvalue weighted by Crippen LogP contribution is 2.20. The van der Waals surface area contributed by atoms with Crippen LogP contribution in [0.2, 0.25) is 0 Å². The number of thioether (sulfide) groups is 1. The van der Waals surface area contributed by atoms with Gasteiger partial charge in [0, 0.05) is 5.69 Å². The molecular formula is C15H15N7O2S. The van der Waals surface area contributed by atoms with E-state index in [4.69, 9.17) is 5.73 Å². The van der Waals surface area contributed by atoms with Crippen LogP contribution in [-0.2, 0) is 5.75 Å². The topological polar surface area (TPSA) is 143 Å². The monoisotopic (exact) mass is 357 g/mol. The van der Waals surface area contributed by atoms with Crippen LogP contribution >= 0.6 is 11.8 Å². The molecule has 1 aromatic carbocycles. The lowest BCUT2D eigenvalue weighted by atomic mass is 10.3. The molecule has 0 aliphatic rings. The fourth-order valence-electron chi connectivity index (χ4n) is 1.91. The van der Waals surface area contributed by atoms with Crippen LogP contribution in [-0.4, -0.2) is 30.0 Å². The molecule has 0 saturated heterocycles. The minimum absolute atomic E-state index is 0.0808. The van der Waals surface area contributed by atoms with E-state index >= 15 is 0 Å². The standard InChI is InChI=1S/C15H15N7O2S/c1-8-11(23)20-15(21-12(8)24)25-7-10-18-13(16)22-14(19-10)17-9-5-3-2-4-6-9/h2-6H,7H2,1H3,(H2,20,21,23,24)(H3,16,17,18,19,22). The number of aromatic hydroxyl groups is 1. The normalized spacial score (nSPS) is 10.6. The molecule has 5 N–H and O–H groups in total. The summed E-state index contributed by atoms with van der Waals surface area (Å²) in [4.78, 5) is 30.5. The summed E-state index contributed by atoms with van der Waals surface area (Å²) in [6.07, 6.45) is 0. The highest BCUT2D eigenvalue weighted by Gasteiger charge is 2.09. The van der Waals surface area contributed by atoms with Crippen LogP contribution in [0, 0.1) is 6.92 Å². The molecule has 10 heteroatoms. The molecular weight excluding hydrogens is 342 g/mol. The van der Waals surface area contributed by atoms with Gasteiger partial charge in [0.2, 0.25) is 17.8 Å². The van der Waals surface area contributed by atoms with Gasteiger partial charge < -0.3 is 21.1 Å². The van der Waals surface area contributed by atoms with Gasteiger partial charge in [-0.05, 0) is 19.1 Å². The van der Waals surface area contributed by atoms with Gasteiger partial charge in [-0.1, -0.05) is 30.0 Å². The highest BCUT2D eigenvalue weighted by atomic mass is 32.2. The van der Waals surface area contributed by atoms with Gasteiger partial charge in [0.1, 0.15) is 5.82 Å². The van der Waals surface area contributed by atoms with E-state index in [9.17, 15) is 9.90 Å². The number of anilines is 3. The van der Waals surface area contributed by atoms with Crippen molar-refractivity contribution in [3.05, 3.63) is 52.1 Å². The van der Waals surface area contributed by atoms with E-state index in [0.717, 1.165) is 5.69 Å². The second-order valence-electron chi connectivity index (χ2n) is 5.03. The van der Waals surface area contributed by atoms with E-state index in [-0.39, 0.29) is 22.5 Å². The van der Waals surface area contributed by atoms with Crippen molar-refractivity contribution in [2.75, 3.05) is 11.1 Å². The van der Waals surface area contributed by atoms with E-state index in [2.05, 4.69) is 30.2 Å². The Labute approximate surface area is 146 Å². The van der Waals surface area contributed by atoms with Crippen molar-refractivity contribution in [3.63, 3.8) is 0 Å². The molecule has 0 unspecified atom stereocenters. The fourth-order valence-corrected chi connectivity index (χ4v) is 2.62. The fraction of sp³-hybridized carbons (Fsp3) is 0.133. The first-order chi connectivity index (χ1) is 12.0. The third-order valence-electron chi connectivity index (χ3n) is 3.17. The molecule has 3 rings (SSSR count). The number of aromatic amines is 1. The highest BCUT2D eigenvalue weighted by molar-refractivity contribution is 7.98. The first kappa shape index (κ1) is 16.7. The van der Waals surface area contributed by atoms with Crippen LogP contribution in [0.5, 0.6) is 5.88 Å². The number of nitrogens with one attached hydrogen (secondary N) is 2. The van der Waals surface area contributed by atoms with Crippen LogP contribution in [0.1, 0.15) is 11.4 Å². The Morgan fingerprint density at radius 2 is 1.96 bits per heavy atom. The summed E-state index contributed by atoms with van der Waals surface area (Å²) < 4.78 is 0. The zero-order valence-electron chi connectivity index (χ0n) is 13.2. The lowest BCUT2D eigenvalue weighted by Gasteiger charge is -2.07. The molecule has 0 spiro atoms. The molecule has 2 heterocycles. The number of hydrogen-bond acceptors (Lipinski definition) is 9. The van der Waals surface area contributed by atoms with Gasteiger partial charge >= 0.3 is 0 Å². The van der Waals surface area contributed by atoms with Gasteiger partial charge in [-0.15, -0.1) is 0 Å². The summed E-state index contributed by atoms with van der Waals surface area (Å²) in [5.41, 5.74) is 6.32. The predicted molar refractivity (Wildman–Crippen MR) is 94.8 cm³/mol. The van der Waals surface area contributed by atoms with Gasteiger partial charge in [0.05, 0.1) is 11.3 Å². The summed E-state index contributed by atoms with van der Waals surface area (Å²) >= 11 is 1.17. The Morgan fingerprint density at radius 3 is 2.68 bits per heavy atom. The number of nitrogens with zero attached hydrogens (tertiary/aromatic N) is 4. The molecule has 0 fully saturated rings. The van der Waals surface area contributed by atoms with Crippen LogP contribution in [0.15, 0.2) is 40.3 Å². The van der Waals surface area contributed by atoms with Crippen LogP contribution < -0.4 is 16.6 Å². The molecule has 9 nitrogen and oxygen atoms in total. The molecule has 0 atom stereocenters. The van der Waals surface area contributed by atoms with Crippen molar-refractivity contribution < 1.29 is 5.11 Å². The Balaban J connectivity index is 1.76. The first-order valence-corrected chi connectivity index (χ1v) is 8.25. The number of nitrogens with two attached hydrogens (primary N) is 1. The number of nitrogen functional groups attached to an aromatic ring is 1. The molecule has 3 aromatic rings. The van der Waals surface area contributed by atoms with Crippen molar-refractivity contribution >= 4 is 29.3 Å². The molecule has 0 saturated carbocycles. The molecule has 25 heavy (non-hydrogen) atoms. The number of H-pyrrole nitrogens is 1. The molecule has 0 aliphatic heterocycles. The average Bonchev–Trinajstić information content (AvgIpc) is 2.58. The van der Waals surface area contributed by atoms with E-state index < -0.39 is 5.56 Å². The van der Waals surface area contributed by atoms with Crippen molar-refractivity contribution in [3.8, 4) is 5.88 Å². The smallest absolute Gasteiger partial charge is 0.258 e. The largest absolute Gasteiger partial charge is 0.493 e. The van der Waals surface area contributed by atoms with Gasteiger partial charge in [-0.2, -0.15) is 19.9 Å². The van der Waals surface area contributed by atoms with Gasteiger partial charge in [-0.3, -0.25) is 4.79 Å². The maximum absolute atomic E-state index is 11.6. The number of aromatic nitrogens is 5. The Bertz CT molecular complexity index is 946. The lowest BCUT2D eigenvalue weighted by Crippen LogP contribution is -2.12. The Morgan fingerprint density at radius 1 is 1.20 bits per heavy atom. The minimum atomic E-state index is -0.392. The van der Waals surface area contributed by atoms with E-state index in [0.29, 0.717) is 17.5 Å². The second kappa shape index (κ2) is 7.18. The maximum atomic E-state index is 11.6. The van der Waals surface area contributed by atoms with Crippen molar-refractivity contribution in [1.29, 1.82) is 0 Å². The van der Waals surface area contributed by atoms with E-state index in [1.165, 1.54) is 18.7 Å². The van der Waals surface area contributed by atoms with Crippen molar-refractivity contribution in [2.45, 2.75) is 17.8 Å². The van der Waals surface area contributed by atoms with Crippen molar-refractivity contribution in [1.82, 2.24) is 24.9 Å². The van der Waals surface area contributed by atoms with Gasteiger partial charge in [0.15, 0.2) is 5.16 Å². The number of para-hydroxylation sites is 1. The summed E-state index contributed by atoms with van der Waals surface area (Å²) in [5.74, 6) is 0.813. The van der Waals surface area contributed by atoms with Crippen molar-refractivity contribution in [2.24, 2.45) is 0 Å². The number of rotatable bonds is 5. The molecule has 0 aliphatic carbocycles.